The van der Waals surface area contributed by atoms with Gasteiger partial charge in [0.2, 0.25) is 0 Å². The molecular weight excluding hydrogens is 400 g/mol. The van der Waals surface area contributed by atoms with Gasteiger partial charge in [-0.1, -0.05) is 13.0 Å². The molecule has 4 rings (SSSR count). The number of aromatic nitrogens is 4. The van der Waals surface area contributed by atoms with Gasteiger partial charge in [-0.05, 0) is 30.5 Å². The molecule has 0 N–H and O–H groups in total. The van der Waals surface area contributed by atoms with Crippen molar-refractivity contribution in [1.29, 1.82) is 0 Å². The zero-order valence-electron chi connectivity index (χ0n) is 17.3. The number of ether oxygens (including phenoxy) is 1. The van der Waals surface area contributed by atoms with Crippen LogP contribution in [0.5, 0.6) is 0 Å². The first-order valence-electron chi connectivity index (χ1n) is 10.2. The molecule has 0 saturated carbocycles. The highest BCUT2D eigenvalue weighted by Crippen LogP contribution is 2.23. The number of carbonyl (C=O) groups is 1. The van der Waals surface area contributed by atoms with Crippen LogP contribution in [0.3, 0.4) is 0 Å². The van der Waals surface area contributed by atoms with Gasteiger partial charge in [-0.15, -0.1) is 11.3 Å². The fraction of sp³-hybridized carbons (Fsp3) is 0.429. The van der Waals surface area contributed by atoms with E-state index >= 15 is 0 Å². The third-order valence-electron chi connectivity index (χ3n) is 5.19. The monoisotopic (exact) mass is 426 g/mol. The maximum absolute atomic E-state index is 13.2. The summed E-state index contributed by atoms with van der Waals surface area (Å²) < 4.78 is 7.00. The molecule has 0 aliphatic carbocycles. The number of hydrogen-bond donors (Lipinski definition) is 0. The maximum Gasteiger partial charge on any atom is 0.257 e. The van der Waals surface area contributed by atoms with Crippen molar-refractivity contribution in [3.05, 3.63) is 47.2 Å². The SMILES string of the molecule is CCCN1CCN(C(=O)c2cnn(-c3nccc(-c4cccs4)n3)c2COC)CC1. The number of methoxy groups -OCH3 is 1. The number of piperazine rings is 1. The lowest BCUT2D eigenvalue weighted by molar-refractivity contribution is 0.0633. The Labute approximate surface area is 180 Å². The highest BCUT2D eigenvalue weighted by Gasteiger charge is 2.26. The van der Waals surface area contributed by atoms with Crippen LogP contribution in [0.1, 0.15) is 29.4 Å². The van der Waals surface area contributed by atoms with Gasteiger partial charge in [0.15, 0.2) is 0 Å². The van der Waals surface area contributed by atoms with Crippen molar-refractivity contribution >= 4 is 17.2 Å². The van der Waals surface area contributed by atoms with Crippen LogP contribution in [0, 0.1) is 0 Å². The molecular formula is C21H26N6O2S. The molecule has 1 aliphatic rings. The van der Waals surface area contributed by atoms with E-state index < -0.39 is 0 Å². The Morgan fingerprint density at radius 3 is 2.77 bits per heavy atom. The summed E-state index contributed by atoms with van der Waals surface area (Å²) >= 11 is 1.62. The molecule has 0 aromatic carbocycles. The number of hydrogen-bond acceptors (Lipinski definition) is 7. The zero-order chi connectivity index (χ0) is 20.9. The molecule has 0 unspecified atom stereocenters. The molecule has 0 radical (unpaired) electrons. The van der Waals surface area contributed by atoms with E-state index in [2.05, 4.69) is 26.9 Å². The summed E-state index contributed by atoms with van der Waals surface area (Å²) in [5, 5.41) is 6.46. The second-order valence-electron chi connectivity index (χ2n) is 7.20. The molecule has 1 fully saturated rings. The quantitative estimate of drug-likeness (QED) is 0.578. The highest BCUT2D eigenvalue weighted by atomic mass is 32.1. The fourth-order valence-corrected chi connectivity index (χ4v) is 4.37. The van der Waals surface area contributed by atoms with Gasteiger partial charge in [0, 0.05) is 39.5 Å². The van der Waals surface area contributed by atoms with E-state index in [1.54, 1.807) is 35.5 Å². The molecule has 1 amide bonds. The summed E-state index contributed by atoms with van der Waals surface area (Å²) in [5.74, 6) is 0.415. The Kier molecular flexibility index (Phi) is 6.51. The van der Waals surface area contributed by atoms with Gasteiger partial charge >= 0.3 is 0 Å². The average Bonchev–Trinajstić information content (AvgIpc) is 3.45. The Hall–Kier alpha value is -2.62. The van der Waals surface area contributed by atoms with Crippen molar-refractivity contribution in [2.45, 2.75) is 20.0 Å². The van der Waals surface area contributed by atoms with Gasteiger partial charge in [-0.3, -0.25) is 9.69 Å². The second kappa shape index (κ2) is 9.46. The van der Waals surface area contributed by atoms with Crippen molar-refractivity contribution in [3.63, 3.8) is 0 Å². The fourth-order valence-electron chi connectivity index (χ4n) is 3.67. The number of amides is 1. The molecule has 1 saturated heterocycles. The van der Waals surface area contributed by atoms with Crippen molar-refractivity contribution in [1.82, 2.24) is 29.5 Å². The molecule has 1 aliphatic heterocycles. The first-order chi connectivity index (χ1) is 14.7. The minimum Gasteiger partial charge on any atom is -0.378 e. The Morgan fingerprint density at radius 2 is 2.07 bits per heavy atom. The van der Waals surface area contributed by atoms with Crippen LogP contribution in [-0.2, 0) is 11.3 Å². The minimum atomic E-state index is -0.0149. The number of rotatable bonds is 7. The average molecular weight is 427 g/mol. The normalized spacial score (nSPS) is 14.9. The van der Waals surface area contributed by atoms with E-state index in [9.17, 15) is 4.79 Å². The predicted octanol–water partition coefficient (Wildman–Crippen LogP) is 2.71. The zero-order valence-corrected chi connectivity index (χ0v) is 18.1. The summed E-state index contributed by atoms with van der Waals surface area (Å²) in [6.07, 6.45) is 4.45. The van der Waals surface area contributed by atoms with Crippen molar-refractivity contribution in [3.8, 4) is 16.5 Å². The maximum atomic E-state index is 13.2. The predicted molar refractivity (Wildman–Crippen MR) is 116 cm³/mol. The molecule has 3 aromatic rings. The van der Waals surface area contributed by atoms with E-state index in [1.165, 1.54) is 0 Å². The van der Waals surface area contributed by atoms with Gasteiger partial charge < -0.3 is 9.64 Å². The van der Waals surface area contributed by atoms with E-state index in [-0.39, 0.29) is 12.5 Å². The van der Waals surface area contributed by atoms with Crippen LogP contribution in [-0.4, -0.2) is 75.3 Å². The number of nitrogens with zero attached hydrogens (tertiary/aromatic N) is 6. The van der Waals surface area contributed by atoms with Crippen LogP contribution in [0.4, 0.5) is 0 Å². The number of carbonyl (C=O) groups excluding carboxylic acids is 1. The summed E-state index contributed by atoms with van der Waals surface area (Å²) in [7, 11) is 1.61. The standard InChI is InChI=1S/C21H26N6O2S/c1-3-8-25-9-11-26(12-10-25)20(28)16-14-23-27(18(16)15-29-2)21-22-7-6-17(24-21)19-5-4-13-30-19/h4-7,13-14H,3,8-12,15H2,1-2H3. The van der Waals surface area contributed by atoms with Crippen LogP contribution in [0.15, 0.2) is 36.0 Å². The van der Waals surface area contributed by atoms with Crippen molar-refractivity contribution in [2.75, 3.05) is 39.8 Å². The lowest BCUT2D eigenvalue weighted by Crippen LogP contribution is -2.48. The lowest BCUT2D eigenvalue weighted by Gasteiger charge is -2.34. The summed E-state index contributed by atoms with van der Waals surface area (Å²) in [6, 6.07) is 5.88. The van der Waals surface area contributed by atoms with E-state index in [4.69, 9.17) is 4.74 Å². The molecule has 8 nitrogen and oxygen atoms in total. The van der Waals surface area contributed by atoms with Crippen LogP contribution >= 0.6 is 11.3 Å². The van der Waals surface area contributed by atoms with Crippen molar-refractivity contribution < 1.29 is 9.53 Å². The number of thiophene rings is 1. The third kappa shape index (κ3) is 4.28. The minimum absolute atomic E-state index is 0.0149. The topological polar surface area (TPSA) is 76.4 Å². The third-order valence-corrected chi connectivity index (χ3v) is 6.08. The van der Waals surface area contributed by atoms with Gasteiger partial charge in [-0.25, -0.2) is 9.97 Å². The first kappa shape index (κ1) is 20.6. The van der Waals surface area contributed by atoms with E-state index in [0.29, 0.717) is 17.2 Å². The molecule has 158 valence electrons. The highest BCUT2D eigenvalue weighted by molar-refractivity contribution is 7.13. The van der Waals surface area contributed by atoms with Crippen LogP contribution < -0.4 is 0 Å². The van der Waals surface area contributed by atoms with E-state index in [1.807, 2.05) is 28.5 Å². The Morgan fingerprint density at radius 1 is 1.23 bits per heavy atom. The Bertz CT molecular complexity index is 979. The second-order valence-corrected chi connectivity index (χ2v) is 8.15. The molecule has 4 heterocycles. The molecule has 0 bridgehead atoms. The lowest BCUT2D eigenvalue weighted by atomic mass is 10.2. The Balaban J connectivity index is 1.60. The molecule has 0 atom stereocenters. The smallest absolute Gasteiger partial charge is 0.257 e. The van der Waals surface area contributed by atoms with Crippen LogP contribution in [0.25, 0.3) is 16.5 Å². The summed E-state index contributed by atoms with van der Waals surface area (Å²) in [6.45, 7) is 6.76. The molecule has 9 heteroatoms. The van der Waals surface area contributed by atoms with Crippen LogP contribution in [0.2, 0.25) is 0 Å². The molecule has 3 aromatic heterocycles. The molecule has 0 spiro atoms. The van der Waals surface area contributed by atoms with Gasteiger partial charge in [0.1, 0.15) is 0 Å². The molecule has 30 heavy (non-hydrogen) atoms. The first-order valence-corrected chi connectivity index (χ1v) is 11.0. The van der Waals surface area contributed by atoms with Crippen molar-refractivity contribution in [2.24, 2.45) is 0 Å². The van der Waals surface area contributed by atoms with Gasteiger partial charge in [0.25, 0.3) is 11.9 Å². The van der Waals surface area contributed by atoms with E-state index in [0.717, 1.165) is 49.7 Å². The largest absolute Gasteiger partial charge is 0.378 e. The summed E-state index contributed by atoms with van der Waals surface area (Å²) in [4.78, 5) is 27.6. The van der Waals surface area contributed by atoms with Gasteiger partial charge in [-0.2, -0.15) is 9.78 Å². The van der Waals surface area contributed by atoms with Gasteiger partial charge in [0.05, 0.1) is 34.6 Å². The summed E-state index contributed by atoms with van der Waals surface area (Å²) in [5.41, 5.74) is 2.04.